The SMILES string of the molecule is COc1cc(C=Nn2c(-c3cc4c(OC)cccc4o3)nc3ccccc3c2=O)cc(Cl)c1OCC(=O)Nc1ccc(F)cc1. The zero-order chi connectivity index (χ0) is 31.5. The van der Waals surface area contributed by atoms with Crippen LogP contribution in [0.3, 0.4) is 0 Å². The first kappa shape index (κ1) is 29.4. The number of ether oxygens (including phenoxy) is 3. The van der Waals surface area contributed by atoms with E-state index in [1.807, 2.05) is 6.07 Å². The van der Waals surface area contributed by atoms with Gasteiger partial charge in [0.05, 0.1) is 41.7 Å². The van der Waals surface area contributed by atoms with Crippen LogP contribution in [0.25, 0.3) is 33.5 Å². The van der Waals surface area contributed by atoms with Gasteiger partial charge >= 0.3 is 0 Å². The van der Waals surface area contributed by atoms with Crippen LogP contribution in [0.1, 0.15) is 5.56 Å². The summed E-state index contributed by atoms with van der Waals surface area (Å²) in [5.41, 5.74) is 1.50. The Morgan fingerprint density at radius 3 is 2.56 bits per heavy atom. The van der Waals surface area contributed by atoms with Gasteiger partial charge in [0.1, 0.15) is 17.1 Å². The molecule has 45 heavy (non-hydrogen) atoms. The second kappa shape index (κ2) is 12.5. The summed E-state index contributed by atoms with van der Waals surface area (Å²) in [6, 6.07) is 22.6. The Morgan fingerprint density at radius 2 is 1.78 bits per heavy atom. The zero-order valence-corrected chi connectivity index (χ0v) is 24.7. The lowest BCUT2D eigenvalue weighted by atomic mass is 10.2. The van der Waals surface area contributed by atoms with Crippen molar-refractivity contribution in [3.63, 3.8) is 0 Å². The lowest BCUT2D eigenvalue weighted by Gasteiger charge is -2.13. The van der Waals surface area contributed by atoms with Crippen molar-refractivity contribution in [2.24, 2.45) is 5.10 Å². The number of carbonyl (C=O) groups excluding carboxylic acids is 1. The number of nitrogens with zero attached hydrogens (tertiary/aromatic N) is 3. The largest absolute Gasteiger partial charge is 0.496 e. The summed E-state index contributed by atoms with van der Waals surface area (Å²) in [6.45, 7) is -0.384. The minimum Gasteiger partial charge on any atom is -0.496 e. The lowest BCUT2D eigenvalue weighted by molar-refractivity contribution is -0.118. The molecule has 0 bridgehead atoms. The summed E-state index contributed by atoms with van der Waals surface area (Å²) in [4.78, 5) is 30.7. The Labute approximate surface area is 260 Å². The highest BCUT2D eigenvalue weighted by molar-refractivity contribution is 6.32. The van der Waals surface area contributed by atoms with Gasteiger partial charge in [-0.25, -0.2) is 9.37 Å². The number of furan rings is 1. The van der Waals surface area contributed by atoms with Crippen LogP contribution in [0, 0.1) is 5.82 Å². The maximum Gasteiger partial charge on any atom is 0.282 e. The predicted molar refractivity (Wildman–Crippen MR) is 169 cm³/mol. The van der Waals surface area contributed by atoms with E-state index in [1.54, 1.807) is 61.7 Å². The van der Waals surface area contributed by atoms with Gasteiger partial charge in [-0.2, -0.15) is 9.78 Å². The number of halogens is 2. The molecular weight excluding hydrogens is 603 g/mol. The highest BCUT2D eigenvalue weighted by atomic mass is 35.5. The minimum atomic E-state index is -0.482. The van der Waals surface area contributed by atoms with Gasteiger partial charge in [0.15, 0.2) is 23.9 Å². The number of hydrogen-bond donors (Lipinski definition) is 1. The van der Waals surface area contributed by atoms with Crippen LogP contribution < -0.4 is 25.1 Å². The van der Waals surface area contributed by atoms with Crippen LogP contribution in [0.4, 0.5) is 10.1 Å². The Bertz CT molecular complexity index is 2140. The van der Waals surface area contributed by atoms with Gasteiger partial charge in [0.2, 0.25) is 5.82 Å². The molecule has 0 aliphatic carbocycles. The van der Waals surface area contributed by atoms with Crippen LogP contribution >= 0.6 is 11.6 Å². The minimum absolute atomic E-state index is 0.132. The Kier molecular flexibility index (Phi) is 8.17. The fourth-order valence-corrected chi connectivity index (χ4v) is 4.93. The maximum absolute atomic E-state index is 13.6. The number of fused-ring (bicyclic) bond motifs is 2. The molecule has 0 aliphatic heterocycles. The molecule has 2 heterocycles. The summed E-state index contributed by atoms with van der Waals surface area (Å²) in [6.07, 6.45) is 1.42. The molecule has 4 aromatic carbocycles. The fourth-order valence-electron chi connectivity index (χ4n) is 4.66. The Hall–Kier alpha value is -5.68. The van der Waals surface area contributed by atoms with E-state index in [4.69, 9.17) is 35.2 Å². The Morgan fingerprint density at radius 1 is 1.00 bits per heavy atom. The van der Waals surface area contributed by atoms with Gasteiger partial charge in [-0.3, -0.25) is 9.59 Å². The van der Waals surface area contributed by atoms with Crippen molar-refractivity contribution in [3.05, 3.63) is 112 Å². The maximum atomic E-state index is 13.6. The van der Waals surface area contributed by atoms with Gasteiger partial charge in [-0.1, -0.05) is 29.8 Å². The van der Waals surface area contributed by atoms with Crippen LogP contribution in [0.15, 0.2) is 99.2 Å². The molecule has 1 amide bonds. The van der Waals surface area contributed by atoms with Gasteiger partial charge in [0, 0.05) is 5.69 Å². The molecule has 10 nitrogen and oxygen atoms in total. The van der Waals surface area contributed by atoms with Crippen molar-refractivity contribution in [2.75, 3.05) is 26.1 Å². The average molecular weight is 627 g/mol. The van der Waals surface area contributed by atoms with Crippen molar-refractivity contribution in [2.45, 2.75) is 0 Å². The molecule has 0 atom stereocenters. The quantitative estimate of drug-likeness (QED) is 0.182. The van der Waals surface area contributed by atoms with Crippen LogP contribution in [-0.2, 0) is 4.79 Å². The third kappa shape index (κ3) is 6.06. The van der Waals surface area contributed by atoms with Crippen LogP contribution in [0.2, 0.25) is 5.02 Å². The Balaban J connectivity index is 1.32. The number of rotatable bonds is 9. The molecule has 0 fully saturated rings. The van der Waals surface area contributed by atoms with E-state index in [0.717, 1.165) is 4.68 Å². The molecular formula is C33H24ClFN4O6. The van der Waals surface area contributed by atoms with Crippen LogP contribution in [-0.4, -0.2) is 42.6 Å². The zero-order valence-electron chi connectivity index (χ0n) is 23.9. The monoisotopic (exact) mass is 626 g/mol. The third-order valence-corrected chi connectivity index (χ3v) is 7.05. The molecule has 226 valence electrons. The molecule has 0 radical (unpaired) electrons. The number of hydrogen-bond acceptors (Lipinski definition) is 8. The van der Waals surface area contributed by atoms with E-state index < -0.39 is 17.3 Å². The van der Waals surface area contributed by atoms with Gasteiger partial charge in [-0.05, 0) is 72.3 Å². The molecule has 2 aromatic heterocycles. The number of amides is 1. The molecule has 0 unspecified atom stereocenters. The van der Waals surface area contributed by atoms with Crippen molar-refractivity contribution >= 4 is 51.3 Å². The van der Waals surface area contributed by atoms with Gasteiger partial charge in [0.25, 0.3) is 11.5 Å². The molecule has 12 heteroatoms. The van der Waals surface area contributed by atoms with E-state index in [9.17, 15) is 14.0 Å². The molecule has 0 saturated carbocycles. The summed E-state index contributed by atoms with van der Waals surface area (Å²) in [5.74, 6) is 0.560. The number of para-hydroxylation sites is 1. The first-order valence-corrected chi connectivity index (χ1v) is 13.9. The van der Waals surface area contributed by atoms with E-state index in [-0.39, 0.29) is 29.0 Å². The van der Waals surface area contributed by atoms with E-state index in [2.05, 4.69) is 10.4 Å². The number of aromatic nitrogens is 2. The van der Waals surface area contributed by atoms with Crippen molar-refractivity contribution in [1.82, 2.24) is 9.66 Å². The van der Waals surface area contributed by atoms with Crippen molar-refractivity contribution in [1.29, 1.82) is 0 Å². The topological polar surface area (TPSA) is 117 Å². The van der Waals surface area contributed by atoms with Gasteiger partial charge in [-0.15, -0.1) is 0 Å². The number of methoxy groups -OCH3 is 2. The molecule has 1 N–H and O–H groups in total. The summed E-state index contributed by atoms with van der Waals surface area (Å²) >= 11 is 6.52. The molecule has 0 saturated heterocycles. The number of carbonyl (C=O) groups is 1. The smallest absolute Gasteiger partial charge is 0.282 e. The van der Waals surface area contributed by atoms with Crippen molar-refractivity contribution < 1.29 is 27.8 Å². The molecule has 6 aromatic rings. The lowest BCUT2D eigenvalue weighted by Crippen LogP contribution is -2.20. The average Bonchev–Trinajstić information content (AvgIpc) is 3.49. The van der Waals surface area contributed by atoms with Crippen LogP contribution in [0.5, 0.6) is 17.2 Å². The predicted octanol–water partition coefficient (Wildman–Crippen LogP) is 6.52. The molecule has 0 aliphatic rings. The van der Waals surface area contributed by atoms with Crippen molar-refractivity contribution in [3.8, 4) is 28.8 Å². The fraction of sp³-hybridized carbons (Fsp3) is 0.0909. The normalized spacial score (nSPS) is 11.3. The third-order valence-electron chi connectivity index (χ3n) is 6.77. The summed E-state index contributed by atoms with van der Waals surface area (Å²) in [5, 5.41) is 8.30. The second-order valence-electron chi connectivity index (χ2n) is 9.67. The number of nitrogens with one attached hydrogen (secondary N) is 1. The van der Waals surface area contributed by atoms with E-state index >= 15 is 0 Å². The standard InChI is InChI=1S/C33H24ClFN4O6/c1-42-26-8-5-9-27-23(26)16-29(45-27)32-38-25-7-4-3-6-22(25)33(41)39(32)36-17-19-14-24(34)31(28(15-19)43-2)44-18-30(40)37-21-12-10-20(35)11-13-21/h3-17H,18H2,1-2H3,(H,37,40). The first-order chi connectivity index (χ1) is 21.8. The summed E-state index contributed by atoms with van der Waals surface area (Å²) < 4.78 is 36.9. The van der Waals surface area contributed by atoms with E-state index in [0.29, 0.717) is 44.6 Å². The number of benzene rings is 4. The first-order valence-electron chi connectivity index (χ1n) is 13.5. The highest BCUT2D eigenvalue weighted by Gasteiger charge is 2.19. The summed E-state index contributed by atoms with van der Waals surface area (Å²) in [7, 11) is 2.98. The molecule has 6 rings (SSSR count). The number of anilines is 1. The highest BCUT2D eigenvalue weighted by Crippen LogP contribution is 2.36. The second-order valence-corrected chi connectivity index (χ2v) is 10.1. The van der Waals surface area contributed by atoms with Gasteiger partial charge < -0.3 is 23.9 Å². The van der Waals surface area contributed by atoms with E-state index in [1.165, 1.54) is 37.6 Å². The molecule has 0 spiro atoms.